The lowest BCUT2D eigenvalue weighted by Crippen LogP contribution is -2.49. The first-order chi connectivity index (χ1) is 15.5. The quantitative estimate of drug-likeness (QED) is 0.635. The van der Waals surface area contributed by atoms with E-state index in [1.54, 1.807) is 6.07 Å². The summed E-state index contributed by atoms with van der Waals surface area (Å²) in [7, 11) is -3.83. The Labute approximate surface area is 185 Å². The van der Waals surface area contributed by atoms with Crippen molar-refractivity contribution in [1.29, 1.82) is 5.26 Å². The number of halogens is 1. The van der Waals surface area contributed by atoms with Crippen LogP contribution in [0.25, 0.3) is 11.0 Å². The minimum atomic E-state index is -3.83. The molecular formula is C22H21FN6O2S. The highest BCUT2D eigenvalue weighted by atomic mass is 32.2. The maximum absolute atomic E-state index is 13.6. The molecule has 2 aliphatic rings. The first kappa shape index (κ1) is 20.6. The van der Waals surface area contributed by atoms with Crippen molar-refractivity contribution in [2.24, 2.45) is 0 Å². The molecule has 1 N–H and O–H groups in total. The maximum Gasteiger partial charge on any atom is 0.243 e. The van der Waals surface area contributed by atoms with E-state index in [9.17, 15) is 12.8 Å². The summed E-state index contributed by atoms with van der Waals surface area (Å²) in [5, 5.41) is 12.5. The molecule has 3 aromatic rings. The fraction of sp³-hybridized carbons (Fsp3) is 0.318. The van der Waals surface area contributed by atoms with Crippen molar-refractivity contribution in [3.63, 3.8) is 0 Å². The van der Waals surface area contributed by atoms with Gasteiger partial charge >= 0.3 is 0 Å². The number of nitriles is 1. The van der Waals surface area contributed by atoms with Gasteiger partial charge in [-0.05, 0) is 43.2 Å². The van der Waals surface area contributed by atoms with Crippen LogP contribution in [0, 0.1) is 17.1 Å². The second-order valence-electron chi connectivity index (χ2n) is 7.95. The second kappa shape index (κ2) is 8.00. The van der Waals surface area contributed by atoms with Crippen LogP contribution in [0.3, 0.4) is 0 Å². The number of benzene rings is 2. The lowest BCUT2D eigenvalue weighted by molar-refractivity contribution is 0.384. The number of fused-ring (bicyclic) bond motifs is 1. The number of hydrogen-bond acceptors (Lipinski definition) is 7. The van der Waals surface area contributed by atoms with Crippen molar-refractivity contribution >= 4 is 32.7 Å². The summed E-state index contributed by atoms with van der Waals surface area (Å²) in [4.78, 5) is 11.5. The number of anilines is 2. The highest BCUT2D eigenvalue weighted by Gasteiger charge is 2.31. The monoisotopic (exact) mass is 452 g/mol. The van der Waals surface area contributed by atoms with Gasteiger partial charge < -0.3 is 10.2 Å². The van der Waals surface area contributed by atoms with Crippen LogP contribution < -0.4 is 10.2 Å². The van der Waals surface area contributed by atoms with Gasteiger partial charge in [0.2, 0.25) is 10.0 Å². The van der Waals surface area contributed by atoms with Gasteiger partial charge in [0.1, 0.15) is 11.9 Å². The molecule has 2 fully saturated rings. The van der Waals surface area contributed by atoms with Crippen LogP contribution in [0.2, 0.25) is 0 Å². The molecule has 1 saturated carbocycles. The topological polar surface area (TPSA) is 102 Å². The Balaban J connectivity index is 1.39. The third kappa shape index (κ3) is 3.85. The van der Waals surface area contributed by atoms with Crippen molar-refractivity contribution in [3.8, 4) is 6.07 Å². The van der Waals surface area contributed by atoms with Crippen molar-refractivity contribution in [2.45, 2.75) is 23.8 Å². The molecule has 8 nitrogen and oxygen atoms in total. The molecule has 5 rings (SSSR count). The number of aromatic nitrogens is 2. The van der Waals surface area contributed by atoms with E-state index < -0.39 is 15.8 Å². The molecule has 164 valence electrons. The number of para-hydroxylation sites is 2. The van der Waals surface area contributed by atoms with Crippen LogP contribution in [0.1, 0.15) is 18.4 Å². The predicted octanol–water partition coefficient (Wildman–Crippen LogP) is 2.73. The average Bonchev–Trinajstić information content (AvgIpc) is 3.63. The Morgan fingerprint density at radius 3 is 2.38 bits per heavy atom. The van der Waals surface area contributed by atoms with Crippen LogP contribution >= 0.6 is 0 Å². The molecule has 0 bridgehead atoms. The zero-order valence-electron chi connectivity index (χ0n) is 17.2. The Morgan fingerprint density at radius 2 is 1.72 bits per heavy atom. The van der Waals surface area contributed by atoms with Crippen LogP contribution in [0.5, 0.6) is 0 Å². The van der Waals surface area contributed by atoms with Gasteiger partial charge in [-0.25, -0.2) is 22.8 Å². The van der Waals surface area contributed by atoms with Gasteiger partial charge in [-0.1, -0.05) is 12.1 Å². The van der Waals surface area contributed by atoms with E-state index in [2.05, 4.69) is 5.32 Å². The minimum absolute atomic E-state index is 0.0783. The van der Waals surface area contributed by atoms with Gasteiger partial charge in [0.05, 0.1) is 21.5 Å². The molecular weight excluding hydrogens is 431 g/mol. The molecule has 32 heavy (non-hydrogen) atoms. The number of piperazine rings is 1. The lowest BCUT2D eigenvalue weighted by Gasteiger charge is -2.35. The van der Waals surface area contributed by atoms with Crippen molar-refractivity contribution in [3.05, 3.63) is 53.8 Å². The molecule has 1 aromatic heterocycles. The maximum atomic E-state index is 13.6. The second-order valence-corrected chi connectivity index (χ2v) is 9.89. The molecule has 0 atom stereocenters. The van der Waals surface area contributed by atoms with Gasteiger partial charge in [0, 0.05) is 32.2 Å². The number of sulfonamides is 1. The Hall–Kier alpha value is -3.29. The molecule has 0 amide bonds. The minimum Gasteiger partial charge on any atom is -0.364 e. The molecule has 1 saturated heterocycles. The van der Waals surface area contributed by atoms with Crippen LogP contribution in [0.4, 0.5) is 16.0 Å². The molecule has 0 spiro atoms. The first-order valence-electron chi connectivity index (χ1n) is 10.4. The summed E-state index contributed by atoms with van der Waals surface area (Å²) in [5.74, 6) is 0.711. The standard InChI is InChI=1S/C22H21FN6O2S/c23-18-8-7-17(13-15(18)14-24)32(30,31)29-11-9-28(10-12-29)22-21(25-16-5-6-16)26-19-3-1-2-4-20(19)27-22/h1-4,7-8,13,16H,5-6,9-12H2,(H,25,26). The van der Waals surface area contributed by atoms with Crippen molar-refractivity contribution in [1.82, 2.24) is 14.3 Å². The van der Waals surface area contributed by atoms with Crippen LogP contribution in [-0.4, -0.2) is 54.9 Å². The largest absolute Gasteiger partial charge is 0.364 e. The lowest BCUT2D eigenvalue weighted by atomic mass is 10.2. The van der Waals surface area contributed by atoms with Crippen LogP contribution in [-0.2, 0) is 10.0 Å². The zero-order valence-corrected chi connectivity index (χ0v) is 18.0. The summed E-state index contributed by atoms with van der Waals surface area (Å²) in [5.41, 5.74) is 1.31. The van der Waals surface area contributed by atoms with E-state index in [0.717, 1.165) is 47.6 Å². The number of hydrogen-bond donors (Lipinski definition) is 1. The van der Waals surface area contributed by atoms with E-state index in [4.69, 9.17) is 15.2 Å². The van der Waals surface area contributed by atoms with Crippen LogP contribution in [0.15, 0.2) is 47.4 Å². The zero-order chi connectivity index (χ0) is 22.3. The first-order valence-corrected chi connectivity index (χ1v) is 11.9. The molecule has 2 heterocycles. The third-order valence-electron chi connectivity index (χ3n) is 5.70. The van der Waals surface area contributed by atoms with E-state index >= 15 is 0 Å². The molecule has 0 radical (unpaired) electrons. The van der Waals surface area contributed by atoms with E-state index in [0.29, 0.717) is 19.1 Å². The van der Waals surface area contributed by atoms with Gasteiger partial charge in [0.15, 0.2) is 11.6 Å². The fourth-order valence-corrected chi connectivity index (χ4v) is 5.22. The molecule has 1 aliphatic heterocycles. The summed E-state index contributed by atoms with van der Waals surface area (Å²) in [6.07, 6.45) is 2.20. The summed E-state index contributed by atoms with van der Waals surface area (Å²) in [6.45, 7) is 1.38. The van der Waals surface area contributed by atoms with Gasteiger partial charge in [0.25, 0.3) is 0 Å². The highest BCUT2D eigenvalue weighted by Crippen LogP contribution is 2.31. The average molecular weight is 453 g/mol. The van der Waals surface area contributed by atoms with Gasteiger partial charge in [-0.15, -0.1) is 0 Å². The van der Waals surface area contributed by atoms with E-state index in [1.165, 1.54) is 10.4 Å². The number of nitrogens with one attached hydrogen (secondary N) is 1. The highest BCUT2D eigenvalue weighted by molar-refractivity contribution is 7.89. The van der Waals surface area contributed by atoms with Gasteiger partial charge in [-0.2, -0.15) is 9.57 Å². The smallest absolute Gasteiger partial charge is 0.243 e. The Bertz CT molecular complexity index is 1330. The van der Waals surface area contributed by atoms with Crippen molar-refractivity contribution < 1.29 is 12.8 Å². The fourth-order valence-electron chi connectivity index (χ4n) is 3.77. The molecule has 10 heteroatoms. The Morgan fingerprint density at radius 1 is 1.03 bits per heavy atom. The number of nitrogens with zero attached hydrogens (tertiary/aromatic N) is 5. The normalized spacial score (nSPS) is 17.3. The Kier molecular flexibility index (Phi) is 5.15. The molecule has 0 unspecified atom stereocenters. The number of rotatable bonds is 5. The predicted molar refractivity (Wildman–Crippen MR) is 118 cm³/mol. The molecule has 2 aromatic carbocycles. The van der Waals surface area contributed by atoms with Gasteiger partial charge in [-0.3, -0.25) is 0 Å². The van der Waals surface area contributed by atoms with E-state index in [-0.39, 0.29) is 23.5 Å². The van der Waals surface area contributed by atoms with Crippen molar-refractivity contribution in [2.75, 3.05) is 36.4 Å². The summed E-state index contributed by atoms with van der Waals surface area (Å²) in [6, 6.07) is 13.1. The third-order valence-corrected chi connectivity index (χ3v) is 7.60. The van der Waals surface area contributed by atoms with E-state index in [1.807, 2.05) is 29.2 Å². The summed E-state index contributed by atoms with van der Waals surface area (Å²) >= 11 is 0. The SMILES string of the molecule is N#Cc1cc(S(=O)(=O)N2CCN(c3nc4ccccc4nc3NC3CC3)CC2)ccc1F. The molecule has 1 aliphatic carbocycles. The summed E-state index contributed by atoms with van der Waals surface area (Å²) < 4.78 is 41.1.